The smallest absolute Gasteiger partial charge is 0.238 e. The highest BCUT2D eigenvalue weighted by Crippen LogP contribution is 2.24. The number of rotatable bonds is 7. The van der Waals surface area contributed by atoms with Gasteiger partial charge in [0.05, 0.1) is 4.90 Å². The van der Waals surface area contributed by atoms with Crippen LogP contribution >= 0.6 is 0 Å². The van der Waals surface area contributed by atoms with Crippen molar-refractivity contribution in [2.75, 3.05) is 26.7 Å². The molecule has 22 heavy (non-hydrogen) atoms. The molecule has 1 aliphatic carbocycles. The van der Waals surface area contributed by atoms with Gasteiger partial charge in [-0.15, -0.1) is 0 Å². The van der Waals surface area contributed by atoms with Crippen molar-refractivity contribution < 1.29 is 13.2 Å². The molecule has 5 nitrogen and oxygen atoms in total. The van der Waals surface area contributed by atoms with E-state index in [1.807, 2.05) is 0 Å². The van der Waals surface area contributed by atoms with Gasteiger partial charge >= 0.3 is 0 Å². The molecule has 1 aliphatic rings. The Balaban J connectivity index is 1.71. The first kappa shape index (κ1) is 17.2. The summed E-state index contributed by atoms with van der Waals surface area (Å²) < 4.78 is 28.0. The molecule has 1 saturated carbocycles. The fraction of sp³-hybridized carbons (Fsp3) is 0.625. The number of benzene rings is 1. The van der Waals surface area contributed by atoms with E-state index in [1.165, 1.54) is 44.2 Å². The third kappa shape index (κ3) is 5.59. The first-order valence-electron chi connectivity index (χ1n) is 7.89. The molecular formula is C16H26N2O3S. The second-order valence-electron chi connectivity index (χ2n) is 6.13. The maximum atomic E-state index is 11.2. The van der Waals surface area contributed by atoms with Crippen LogP contribution in [0.25, 0.3) is 0 Å². The molecule has 0 heterocycles. The Morgan fingerprint density at radius 2 is 1.82 bits per heavy atom. The summed E-state index contributed by atoms with van der Waals surface area (Å²) in [5.74, 6) is 1.49. The highest BCUT2D eigenvalue weighted by atomic mass is 32.2. The molecule has 0 unspecified atom stereocenters. The molecule has 0 aromatic heterocycles. The van der Waals surface area contributed by atoms with Gasteiger partial charge in [-0.05, 0) is 50.1 Å². The second kappa shape index (κ2) is 7.94. The van der Waals surface area contributed by atoms with E-state index in [1.54, 1.807) is 12.1 Å². The fourth-order valence-electron chi connectivity index (χ4n) is 2.95. The number of primary sulfonamides is 1. The summed E-state index contributed by atoms with van der Waals surface area (Å²) in [6.07, 6.45) is 6.81. The predicted molar refractivity (Wildman–Crippen MR) is 87.4 cm³/mol. The van der Waals surface area contributed by atoms with Crippen molar-refractivity contribution in [3.8, 4) is 5.75 Å². The number of hydrogen-bond acceptors (Lipinski definition) is 4. The largest absolute Gasteiger partial charge is 0.492 e. The van der Waals surface area contributed by atoms with E-state index in [4.69, 9.17) is 9.88 Å². The van der Waals surface area contributed by atoms with Gasteiger partial charge in [-0.1, -0.05) is 19.3 Å². The quantitative estimate of drug-likeness (QED) is 0.834. The van der Waals surface area contributed by atoms with Gasteiger partial charge in [-0.25, -0.2) is 13.6 Å². The molecule has 0 radical (unpaired) electrons. The first-order chi connectivity index (χ1) is 10.4. The zero-order valence-electron chi connectivity index (χ0n) is 13.2. The van der Waals surface area contributed by atoms with Crippen LogP contribution < -0.4 is 9.88 Å². The van der Waals surface area contributed by atoms with E-state index in [0.29, 0.717) is 12.4 Å². The van der Waals surface area contributed by atoms with Crippen LogP contribution in [0.4, 0.5) is 0 Å². The lowest BCUT2D eigenvalue weighted by Crippen LogP contribution is -2.30. The maximum absolute atomic E-state index is 11.2. The summed E-state index contributed by atoms with van der Waals surface area (Å²) in [6.45, 7) is 2.60. The Bertz CT molecular complexity index is 551. The monoisotopic (exact) mass is 326 g/mol. The molecule has 0 aliphatic heterocycles. The Kier molecular flexibility index (Phi) is 6.23. The van der Waals surface area contributed by atoms with E-state index in [0.717, 1.165) is 19.0 Å². The topological polar surface area (TPSA) is 72.6 Å². The SMILES string of the molecule is CN(CCOc1ccc(S(N)(=O)=O)cc1)CC1CCCCC1. The van der Waals surface area contributed by atoms with Crippen molar-refractivity contribution in [2.24, 2.45) is 11.1 Å². The Morgan fingerprint density at radius 3 is 2.41 bits per heavy atom. The van der Waals surface area contributed by atoms with Crippen molar-refractivity contribution in [1.29, 1.82) is 0 Å². The van der Waals surface area contributed by atoms with Crippen LogP contribution in [0.15, 0.2) is 29.2 Å². The van der Waals surface area contributed by atoms with Gasteiger partial charge in [-0.3, -0.25) is 0 Å². The van der Waals surface area contributed by atoms with Gasteiger partial charge in [0.2, 0.25) is 10.0 Å². The predicted octanol–water partition coefficient (Wildman–Crippen LogP) is 2.22. The van der Waals surface area contributed by atoms with E-state index in [9.17, 15) is 8.42 Å². The van der Waals surface area contributed by atoms with Crippen LogP contribution in [0.2, 0.25) is 0 Å². The molecule has 2 N–H and O–H groups in total. The Morgan fingerprint density at radius 1 is 1.18 bits per heavy atom. The van der Waals surface area contributed by atoms with Crippen molar-refractivity contribution in [3.63, 3.8) is 0 Å². The second-order valence-corrected chi connectivity index (χ2v) is 7.69. The molecule has 0 spiro atoms. The van der Waals surface area contributed by atoms with Gasteiger partial charge in [0.25, 0.3) is 0 Å². The molecule has 0 amide bonds. The number of nitrogens with zero attached hydrogens (tertiary/aromatic N) is 1. The minimum absolute atomic E-state index is 0.106. The van der Waals surface area contributed by atoms with Crippen LogP contribution in [0.3, 0.4) is 0 Å². The summed E-state index contributed by atoms with van der Waals surface area (Å²) in [7, 11) is -1.51. The summed E-state index contributed by atoms with van der Waals surface area (Å²) in [6, 6.07) is 6.22. The van der Waals surface area contributed by atoms with Crippen molar-refractivity contribution in [2.45, 2.75) is 37.0 Å². The average molecular weight is 326 g/mol. The zero-order chi connectivity index (χ0) is 16.0. The van der Waals surface area contributed by atoms with Gasteiger partial charge in [0.1, 0.15) is 12.4 Å². The zero-order valence-corrected chi connectivity index (χ0v) is 14.0. The third-order valence-electron chi connectivity index (χ3n) is 4.19. The Hall–Kier alpha value is -1.11. The minimum Gasteiger partial charge on any atom is -0.492 e. The molecule has 1 aromatic rings. The highest BCUT2D eigenvalue weighted by molar-refractivity contribution is 7.89. The summed E-state index contributed by atoms with van der Waals surface area (Å²) >= 11 is 0. The van der Waals surface area contributed by atoms with Gasteiger partial charge in [-0.2, -0.15) is 0 Å². The molecule has 0 atom stereocenters. The fourth-order valence-corrected chi connectivity index (χ4v) is 3.46. The summed E-state index contributed by atoms with van der Waals surface area (Å²) in [5, 5.41) is 5.06. The lowest BCUT2D eigenvalue weighted by Gasteiger charge is -2.26. The van der Waals surface area contributed by atoms with Crippen LogP contribution in [0, 0.1) is 5.92 Å². The number of nitrogens with two attached hydrogens (primary N) is 1. The van der Waals surface area contributed by atoms with E-state index in [-0.39, 0.29) is 4.90 Å². The maximum Gasteiger partial charge on any atom is 0.238 e. The highest BCUT2D eigenvalue weighted by Gasteiger charge is 2.15. The van der Waals surface area contributed by atoms with Crippen LogP contribution in [-0.4, -0.2) is 40.1 Å². The average Bonchev–Trinajstić information content (AvgIpc) is 2.48. The first-order valence-corrected chi connectivity index (χ1v) is 9.44. The number of ether oxygens (including phenoxy) is 1. The number of likely N-dealkylation sites (N-methyl/N-ethyl adjacent to an activating group) is 1. The standard InChI is InChI=1S/C16H26N2O3S/c1-18(13-14-5-3-2-4-6-14)11-12-21-15-7-9-16(10-8-15)22(17,19)20/h7-10,14H,2-6,11-13H2,1H3,(H2,17,19,20). The van der Waals surface area contributed by atoms with Crippen molar-refractivity contribution in [3.05, 3.63) is 24.3 Å². The van der Waals surface area contributed by atoms with Crippen LogP contribution in [0.5, 0.6) is 5.75 Å². The normalized spacial score (nSPS) is 16.9. The lowest BCUT2D eigenvalue weighted by atomic mass is 9.89. The molecule has 2 rings (SSSR count). The van der Waals surface area contributed by atoms with Gasteiger partial charge in [0.15, 0.2) is 0 Å². The van der Waals surface area contributed by atoms with Crippen LogP contribution in [-0.2, 0) is 10.0 Å². The lowest BCUT2D eigenvalue weighted by molar-refractivity contribution is 0.195. The molecule has 0 bridgehead atoms. The van der Waals surface area contributed by atoms with E-state index < -0.39 is 10.0 Å². The van der Waals surface area contributed by atoms with Gasteiger partial charge in [0, 0.05) is 13.1 Å². The van der Waals surface area contributed by atoms with Crippen LogP contribution in [0.1, 0.15) is 32.1 Å². The molecule has 124 valence electrons. The summed E-state index contributed by atoms with van der Waals surface area (Å²) in [4.78, 5) is 2.42. The molecule has 0 saturated heterocycles. The Labute approximate surface area is 133 Å². The third-order valence-corrected chi connectivity index (χ3v) is 5.12. The van der Waals surface area contributed by atoms with Crippen molar-refractivity contribution >= 4 is 10.0 Å². The molecule has 1 aromatic carbocycles. The molecule has 6 heteroatoms. The molecule has 1 fully saturated rings. The van der Waals surface area contributed by atoms with E-state index >= 15 is 0 Å². The van der Waals surface area contributed by atoms with E-state index in [2.05, 4.69) is 11.9 Å². The van der Waals surface area contributed by atoms with Gasteiger partial charge < -0.3 is 9.64 Å². The van der Waals surface area contributed by atoms with Crippen molar-refractivity contribution in [1.82, 2.24) is 4.90 Å². The summed E-state index contributed by atoms with van der Waals surface area (Å²) in [5.41, 5.74) is 0. The molecular weight excluding hydrogens is 300 g/mol. The number of sulfonamides is 1. The number of hydrogen-bond donors (Lipinski definition) is 1. The minimum atomic E-state index is -3.63.